The van der Waals surface area contributed by atoms with Gasteiger partial charge in [-0.3, -0.25) is 9.69 Å². The van der Waals surface area contributed by atoms with E-state index in [1.54, 1.807) is 0 Å². The van der Waals surface area contributed by atoms with E-state index in [4.69, 9.17) is 9.84 Å². The van der Waals surface area contributed by atoms with Crippen LogP contribution in [0.5, 0.6) is 5.75 Å². The molecule has 1 aliphatic rings. The molecule has 0 radical (unpaired) electrons. The fraction of sp³-hybridized carbons (Fsp3) is 0.417. The van der Waals surface area contributed by atoms with E-state index in [-0.39, 0.29) is 6.54 Å². The fourth-order valence-corrected chi connectivity index (χ4v) is 1.90. The van der Waals surface area contributed by atoms with E-state index in [0.29, 0.717) is 19.7 Å². The minimum Gasteiger partial charge on any atom is -0.492 e. The van der Waals surface area contributed by atoms with Crippen LogP contribution in [0, 0.1) is 6.92 Å². The van der Waals surface area contributed by atoms with Crippen molar-refractivity contribution in [2.45, 2.75) is 13.5 Å². The molecule has 1 aromatic carbocycles. The number of hydrogen-bond acceptors (Lipinski definition) is 3. The van der Waals surface area contributed by atoms with Gasteiger partial charge in [-0.2, -0.15) is 0 Å². The van der Waals surface area contributed by atoms with E-state index < -0.39 is 5.97 Å². The summed E-state index contributed by atoms with van der Waals surface area (Å²) in [5.41, 5.74) is 2.23. The number of benzene rings is 1. The van der Waals surface area contributed by atoms with Gasteiger partial charge in [0.1, 0.15) is 12.4 Å². The third-order valence-corrected chi connectivity index (χ3v) is 2.63. The molecule has 4 heteroatoms. The lowest BCUT2D eigenvalue weighted by molar-refractivity contribution is -0.138. The fourth-order valence-electron chi connectivity index (χ4n) is 1.90. The predicted octanol–water partition coefficient (Wildman–Crippen LogP) is 1.27. The Morgan fingerprint density at radius 3 is 3.12 bits per heavy atom. The molecule has 2 rings (SSSR count). The second kappa shape index (κ2) is 4.53. The highest BCUT2D eigenvalue weighted by atomic mass is 16.5. The molecular formula is C12H15NO3. The van der Waals surface area contributed by atoms with Gasteiger partial charge in [-0.25, -0.2) is 0 Å². The minimum absolute atomic E-state index is 0.0662. The Morgan fingerprint density at radius 2 is 2.38 bits per heavy atom. The molecule has 0 bridgehead atoms. The Morgan fingerprint density at radius 1 is 1.56 bits per heavy atom. The van der Waals surface area contributed by atoms with Crippen molar-refractivity contribution in [2.24, 2.45) is 0 Å². The van der Waals surface area contributed by atoms with Crippen molar-refractivity contribution in [1.82, 2.24) is 4.90 Å². The topological polar surface area (TPSA) is 49.8 Å². The van der Waals surface area contributed by atoms with Gasteiger partial charge in [-0.15, -0.1) is 0 Å². The molecule has 16 heavy (non-hydrogen) atoms. The van der Waals surface area contributed by atoms with Crippen LogP contribution in [0.15, 0.2) is 18.2 Å². The van der Waals surface area contributed by atoms with Crippen molar-refractivity contribution in [2.75, 3.05) is 19.7 Å². The zero-order chi connectivity index (χ0) is 11.5. The smallest absolute Gasteiger partial charge is 0.317 e. The number of carboxylic acids is 1. The van der Waals surface area contributed by atoms with Gasteiger partial charge in [0.25, 0.3) is 0 Å². The summed E-state index contributed by atoms with van der Waals surface area (Å²) in [4.78, 5) is 12.6. The highest BCUT2D eigenvalue weighted by Crippen LogP contribution is 2.23. The number of aryl methyl sites for hydroxylation is 1. The monoisotopic (exact) mass is 221 g/mol. The van der Waals surface area contributed by atoms with Crippen molar-refractivity contribution in [3.05, 3.63) is 29.3 Å². The van der Waals surface area contributed by atoms with Crippen LogP contribution in [-0.2, 0) is 11.3 Å². The first-order valence-electron chi connectivity index (χ1n) is 5.31. The summed E-state index contributed by atoms with van der Waals surface area (Å²) in [5, 5.41) is 8.78. The van der Waals surface area contributed by atoms with Gasteiger partial charge in [0.2, 0.25) is 0 Å². The maximum Gasteiger partial charge on any atom is 0.317 e. The molecule has 0 saturated heterocycles. The zero-order valence-electron chi connectivity index (χ0n) is 9.27. The Balaban J connectivity index is 2.19. The summed E-state index contributed by atoms with van der Waals surface area (Å²) in [5.74, 6) is 0.0783. The van der Waals surface area contributed by atoms with Gasteiger partial charge < -0.3 is 9.84 Å². The number of carboxylic acid groups (broad SMARTS) is 1. The highest BCUT2D eigenvalue weighted by molar-refractivity contribution is 5.69. The molecule has 0 saturated carbocycles. The van der Waals surface area contributed by atoms with Gasteiger partial charge in [0.15, 0.2) is 0 Å². The summed E-state index contributed by atoms with van der Waals surface area (Å²) in [6.45, 7) is 3.93. The molecule has 0 spiro atoms. The predicted molar refractivity (Wildman–Crippen MR) is 59.6 cm³/mol. The van der Waals surface area contributed by atoms with Crippen LogP contribution < -0.4 is 4.74 Å². The second-order valence-corrected chi connectivity index (χ2v) is 4.06. The summed E-state index contributed by atoms with van der Waals surface area (Å²) >= 11 is 0. The molecule has 0 unspecified atom stereocenters. The maximum atomic E-state index is 10.7. The molecule has 0 aliphatic carbocycles. The number of hydrogen-bond donors (Lipinski definition) is 1. The standard InChI is InChI=1S/C12H15NO3/c1-9-2-3-11-10(6-9)7-13(4-5-16-11)8-12(14)15/h2-3,6H,4-5,7-8H2,1H3,(H,14,15). The lowest BCUT2D eigenvalue weighted by Crippen LogP contribution is -2.31. The van der Waals surface area contributed by atoms with E-state index in [2.05, 4.69) is 6.07 Å². The number of rotatable bonds is 2. The molecule has 0 amide bonds. The van der Waals surface area contributed by atoms with Crippen molar-refractivity contribution in [1.29, 1.82) is 0 Å². The van der Waals surface area contributed by atoms with Crippen molar-refractivity contribution in [3.63, 3.8) is 0 Å². The highest BCUT2D eigenvalue weighted by Gasteiger charge is 2.16. The SMILES string of the molecule is Cc1ccc2c(c1)CN(CC(=O)O)CCO2. The lowest BCUT2D eigenvalue weighted by atomic mass is 10.1. The van der Waals surface area contributed by atoms with Crippen molar-refractivity contribution >= 4 is 5.97 Å². The van der Waals surface area contributed by atoms with Crippen LogP contribution >= 0.6 is 0 Å². The van der Waals surface area contributed by atoms with Crippen LogP contribution in [0.3, 0.4) is 0 Å². The Kier molecular flexibility index (Phi) is 3.10. The first-order valence-corrected chi connectivity index (χ1v) is 5.31. The average molecular weight is 221 g/mol. The van der Waals surface area contributed by atoms with Gasteiger partial charge in [0.05, 0.1) is 6.54 Å². The summed E-state index contributed by atoms with van der Waals surface area (Å²) in [6, 6.07) is 6.01. The van der Waals surface area contributed by atoms with Crippen LogP contribution in [-0.4, -0.2) is 35.7 Å². The van der Waals surface area contributed by atoms with Gasteiger partial charge in [-0.1, -0.05) is 17.7 Å². The molecule has 1 N–H and O–H groups in total. The molecule has 0 aromatic heterocycles. The normalized spacial score (nSPS) is 16.1. The van der Waals surface area contributed by atoms with Crippen LogP contribution in [0.1, 0.15) is 11.1 Å². The van der Waals surface area contributed by atoms with Crippen LogP contribution in [0.2, 0.25) is 0 Å². The van der Waals surface area contributed by atoms with Crippen LogP contribution in [0.4, 0.5) is 0 Å². The van der Waals surface area contributed by atoms with Gasteiger partial charge in [0, 0.05) is 18.7 Å². The summed E-state index contributed by atoms with van der Waals surface area (Å²) in [7, 11) is 0. The number of ether oxygens (including phenoxy) is 1. The Hall–Kier alpha value is -1.55. The Bertz CT molecular complexity index is 403. The van der Waals surface area contributed by atoms with E-state index in [1.807, 2.05) is 24.0 Å². The molecular weight excluding hydrogens is 206 g/mol. The van der Waals surface area contributed by atoms with E-state index >= 15 is 0 Å². The first kappa shape index (κ1) is 11.0. The molecule has 86 valence electrons. The van der Waals surface area contributed by atoms with E-state index in [0.717, 1.165) is 11.3 Å². The minimum atomic E-state index is -0.795. The average Bonchev–Trinajstić information content (AvgIpc) is 2.37. The molecule has 4 nitrogen and oxygen atoms in total. The molecule has 0 fully saturated rings. The first-order chi connectivity index (χ1) is 7.65. The van der Waals surface area contributed by atoms with E-state index in [9.17, 15) is 4.79 Å². The Labute approximate surface area is 94.4 Å². The number of nitrogens with zero attached hydrogens (tertiary/aromatic N) is 1. The lowest BCUT2D eigenvalue weighted by Gasteiger charge is -2.16. The molecule has 1 heterocycles. The summed E-state index contributed by atoms with van der Waals surface area (Å²) < 4.78 is 5.58. The third-order valence-electron chi connectivity index (χ3n) is 2.63. The zero-order valence-corrected chi connectivity index (χ0v) is 9.27. The quantitative estimate of drug-likeness (QED) is 0.817. The van der Waals surface area contributed by atoms with Crippen molar-refractivity contribution < 1.29 is 14.6 Å². The largest absolute Gasteiger partial charge is 0.492 e. The number of fused-ring (bicyclic) bond motifs is 1. The third kappa shape index (κ3) is 2.52. The maximum absolute atomic E-state index is 10.7. The summed E-state index contributed by atoms with van der Waals surface area (Å²) in [6.07, 6.45) is 0. The van der Waals surface area contributed by atoms with Crippen molar-refractivity contribution in [3.8, 4) is 5.75 Å². The van der Waals surface area contributed by atoms with E-state index in [1.165, 1.54) is 5.56 Å². The second-order valence-electron chi connectivity index (χ2n) is 4.06. The number of aliphatic carboxylic acids is 1. The van der Waals surface area contributed by atoms with Gasteiger partial charge >= 0.3 is 5.97 Å². The van der Waals surface area contributed by atoms with Crippen LogP contribution in [0.25, 0.3) is 0 Å². The molecule has 1 aromatic rings. The number of carbonyl (C=O) groups is 1. The van der Waals surface area contributed by atoms with Gasteiger partial charge in [-0.05, 0) is 13.0 Å². The molecule has 0 atom stereocenters. The molecule has 1 aliphatic heterocycles.